The monoisotopic (exact) mass is 361 g/mol. The number of benzene rings is 1. The van der Waals surface area contributed by atoms with E-state index in [-0.39, 0.29) is 17.6 Å². The highest BCUT2D eigenvalue weighted by Crippen LogP contribution is 2.37. The number of carbonyl (C=O) groups is 2. The highest BCUT2D eigenvalue weighted by Gasteiger charge is 2.22. The predicted octanol–water partition coefficient (Wildman–Crippen LogP) is 1.93. The van der Waals surface area contributed by atoms with Crippen molar-refractivity contribution in [2.45, 2.75) is 19.9 Å². The topological polar surface area (TPSA) is 102 Å². The third-order valence-corrected chi connectivity index (χ3v) is 4.20. The molecule has 0 aromatic heterocycles. The maximum absolute atomic E-state index is 12.1. The van der Waals surface area contributed by atoms with Gasteiger partial charge in [-0.3, -0.25) is 13.9 Å². The van der Waals surface area contributed by atoms with Gasteiger partial charge >= 0.3 is 13.6 Å². The summed E-state index contributed by atoms with van der Waals surface area (Å²) in [7, 11) is -3.56. The summed E-state index contributed by atoms with van der Waals surface area (Å²) in [5, 5.41) is 2.49. The Morgan fingerprint density at radius 3 is 2.48 bits per heavy atom. The van der Waals surface area contributed by atoms with E-state index in [1.165, 1.54) is 6.92 Å². The van der Waals surface area contributed by atoms with E-state index in [0.29, 0.717) is 5.75 Å². The van der Waals surface area contributed by atoms with Crippen molar-refractivity contribution < 1.29 is 28.3 Å². The Morgan fingerprint density at radius 1 is 1.35 bits per heavy atom. The summed E-state index contributed by atoms with van der Waals surface area (Å²) in [6.45, 7) is 4.28. The van der Waals surface area contributed by atoms with Crippen LogP contribution in [0.4, 0.5) is 0 Å². The number of ether oxygens (including phenoxy) is 1. The molecule has 0 radical (unpaired) electrons. The summed E-state index contributed by atoms with van der Waals surface area (Å²) in [6, 6.07) is 6.05. The Morgan fingerprint density at radius 2 is 1.96 bits per heavy atom. The molecule has 0 aliphatic carbocycles. The molecule has 0 saturated heterocycles. The highest BCUT2D eigenvalue weighted by atomic mass is 32.2. The van der Waals surface area contributed by atoms with Crippen molar-refractivity contribution in [3.63, 3.8) is 0 Å². The van der Waals surface area contributed by atoms with Crippen molar-refractivity contribution in [1.29, 1.82) is 0 Å². The van der Waals surface area contributed by atoms with E-state index in [4.69, 9.17) is 14.2 Å². The van der Waals surface area contributed by atoms with Gasteiger partial charge in [0.25, 0.3) is 0 Å². The fraction of sp³-hybridized carbons (Fsp3) is 0.429. The number of esters is 1. The van der Waals surface area contributed by atoms with Crippen molar-refractivity contribution in [1.82, 2.24) is 5.32 Å². The maximum atomic E-state index is 12.1. The molecule has 23 heavy (non-hydrogen) atoms. The van der Waals surface area contributed by atoms with Crippen molar-refractivity contribution in [2.75, 3.05) is 18.4 Å². The molecule has 1 amide bonds. The van der Waals surface area contributed by atoms with Crippen LogP contribution in [0.1, 0.15) is 12.5 Å². The van der Waals surface area contributed by atoms with E-state index in [1.54, 1.807) is 24.3 Å². The van der Waals surface area contributed by atoms with E-state index in [0.717, 1.165) is 24.0 Å². The average Bonchev–Trinajstić information content (AvgIpc) is 2.43. The van der Waals surface area contributed by atoms with Crippen LogP contribution in [-0.2, 0) is 18.7 Å². The molecule has 0 spiro atoms. The quantitative estimate of drug-likeness (QED) is 0.240. The van der Waals surface area contributed by atoms with Crippen molar-refractivity contribution in [3.8, 4) is 5.75 Å². The van der Waals surface area contributed by atoms with Crippen LogP contribution in [0.25, 0.3) is 0 Å². The molecule has 0 aliphatic heterocycles. The first-order chi connectivity index (χ1) is 10.7. The smallest absolute Gasteiger partial charge is 0.334 e. The van der Waals surface area contributed by atoms with E-state index in [9.17, 15) is 14.2 Å². The van der Waals surface area contributed by atoms with Crippen molar-refractivity contribution in [3.05, 3.63) is 29.8 Å². The van der Waals surface area contributed by atoms with Gasteiger partial charge in [-0.1, -0.05) is 17.7 Å². The number of amides is 1. The van der Waals surface area contributed by atoms with Crippen LogP contribution in [-0.4, -0.2) is 41.2 Å². The molecule has 2 N–H and O–H groups in total. The number of nitrogens with one attached hydrogen (secondary N) is 1. The molecular formula is C14H20NO6PS. The second-order valence-electron chi connectivity index (χ2n) is 4.91. The van der Waals surface area contributed by atoms with E-state index < -0.39 is 19.6 Å². The van der Waals surface area contributed by atoms with Crippen LogP contribution >= 0.6 is 19.4 Å². The summed E-state index contributed by atoms with van der Waals surface area (Å²) in [5.74, 6) is -0.519. The zero-order valence-electron chi connectivity index (χ0n) is 13.1. The van der Waals surface area contributed by atoms with Gasteiger partial charge < -0.3 is 14.9 Å². The third-order valence-electron chi connectivity index (χ3n) is 2.56. The van der Waals surface area contributed by atoms with Gasteiger partial charge in [-0.25, -0.2) is 4.79 Å². The van der Waals surface area contributed by atoms with Crippen LogP contribution in [0.15, 0.2) is 24.3 Å². The zero-order chi connectivity index (χ0) is 17.5. The van der Waals surface area contributed by atoms with Crippen molar-refractivity contribution >= 4 is 31.2 Å². The van der Waals surface area contributed by atoms with Crippen LogP contribution in [0.3, 0.4) is 0 Å². The molecule has 1 aromatic rings. The molecule has 9 heteroatoms. The van der Waals surface area contributed by atoms with Gasteiger partial charge in [-0.2, -0.15) is 0 Å². The molecule has 0 heterocycles. The zero-order valence-corrected chi connectivity index (χ0v) is 14.9. The van der Waals surface area contributed by atoms with Crippen molar-refractivity contribution in [2.24, 2.45) is 0 Å². The van der Waals surface area contributed by atoms with Gasteiger partial charge in [0.05, 0.1) is 0 Å². The molecule has 1 rings (SSSR count). The van der Waals surface area contributed by atoms with Gasteiger partial charge in [0.2, 0.25) is 5.91 Å². The Labute approximate surface area is 139 Å². The second kappa shape index (κ2) is 9.08. The first-order valence-electron chi connectivity index (χ1n) is 6.75. The Bertz CT molecular complexity index is 585. The van der Waals surface area contributed by atoms with E-state index in [2.05, 4.69) is 5.32 Å². The minimum absolute atomic E-state index is 0.0713. The number of thioether (sulfide) groups is 1. The first-order valence-corrected chi connectivity index (χ1v) is 9.93. The standard InChI is InChI=1S/C14H20NO6PS/c1-10-4-6-12(7-5-10)21-14(17)13(15-11(2)16)8-23-9-20-22(3,18)19/h4-7,13H,8-9H2,1-3H3,(H,15,16)(H,18,19). The Kier molecular flexibility index (Phi) is 7.78. The number of rotatable bonds is 8. The maximum Gasteiger partial charge on any atom is 0.334 e. The SMILES string of the molecule is CC(=O)NC(CSCOP(C)(=O)O)C(=O)Oc1ccc(C)cc1. The fourth-order valence-electron chi connectivity index (χ4n) is 1.51. The molecule has 0 bridgehead atoms. The van der Waals surface area contributed by atoms with Gasteiger partial charge in [-0.15, -0.1) is 11.8 Å². The van der Waals surface area contributed by atoms with Gasteiger partial charge in [0, 0.05) is 19.3 Å². The molecule has 1 aromatic carbocycles. The molecule has 0 aliphatic rings. The fourth-order valence-corrected chi connectivity index (χ4v) is 3.14. The summed E-state index contributed by atoms with van der Waals surface area (Å²) in [6.07, 6.45) is 0. The number of carbonyl (C=O) groups excluding carboxylic acids is 2. The third kappa shape index (κ3) is 8.76. The largest absolute Gasteiger partial charge is 0.425 e. The lowest BCUT2D eigenvalue weighted by atomic mass is 10.2. The molecule has 0 fully saturated rings. The van der Waals surface area contributed by atoms with E-state index in [1.807, 2.05) is 6.92 Å². The lowest BCUT2D eigenvalue weighted by Crippen LogP contribution is -2.44. The first kappa shape index (κ1) is 19.7. The average molecular weight is 361 g/mol. The van der Waals surface area contributed by atoms with Crippen LogP contribution in [0.5, 0.6) is 5.75 Å². The Balaban J connectivity index is 2.58. The van der Waals surface area contributed by atoms with Crippen LogP contribution in [0, 0.1) is 6.92 Å². The van der Waals surface area contributed by atoms with Gasteiger partial charge in [0.15, 0.2) is 0 Å². The number of hydrogen-bond acceptors (Lipinski definition) is 6. The summed E-state index contributed by atoms with van der Waals surface area (Å²) >= 11 is 1.10. The normalized spacial score (nSPS) is 14.6. The van der Waals surface area contributed by atoms with Crippen LogP contribution in [0.2, 0.25) is 0 Å². The second-order valence-corrected chi connectivity index (χ2v) is 7.75. The molecule has 128 valence electrons. The Hall–Kier alpha value is -1.34. The molecule has 2 atom stereocenters. The minimum Gasteiger partial charge on any atom is -0.425 e. The lowest BCUT2D eigenvalue weighted by molar-refractivity contribution is -0.138. The van der Waals surface area contributed by atoms with Gasteiger partial charge in [-0.05, 0) is 19.1 Å². The summed E-state index contributed by atoms with van der Waals surface area (Å²) < 4.78 is 20.9. The molecule has 0 saturated carbocycles. The number of aryl methyl sites for hydroxylation is 1. The lowest BCUT2D eigenvalue weighted by Gasteiger charge is -2.16. The summed E-state index contributed by atoms with van der Waals surface area (Å²) in [4.78, 5) is 32.3. The minimum atomic E-state index is -3.56. The molecular weight excluding hydrogens is 341 g/mol. The van der Waals surface area contributed by atoms with Gasteiger partial charge in [0.1, 0.15) is 17.7 Å². The van der Waals surface area contributed by atoms with E-state index >= 15 is 0 Å². The molecule has 7 nitrogen and oxygen atoms in total. The van der Waals surface area contributed by atoms with Crippen LogP contribution < -0.4 is 10.1 Å². The predicted molar refractivity (Wildman–Crippen MR) is 88.6 cm³/mol. The highest BCUT2D eigenvalue weighted by molar-refractivity contribution is 7.99. The molecule has 2 unspecified atom stereocenters. The number of hydrogen-bond donors (Lipinski definition) is 2. The summed E-state index contributed by atoms with van der Waals surface area (Å²) in [5.41, 5.74) is 1.03.